The highest BCUT2D eigenvalue weighted by Gasteiger charge is 2.53. The first-order valence-corrected chi connectivity index (χ1v) is 9.48. The molecule has 1 heterocycles. The van der Waals surface area contributed by atoms with Gasteiger partial charge in [-0.1, -0.05) is 6.07 Å². The molecule has 0 aromatic carbocycles. The highest BCUT2D eigenvalue weighted by Crippen LogP contribution is 2.61. The second-order valence-corrected chi connectivity index (χ2v) is 8.60. The molecule has 0 spiro atoms. The Balaban J connectivity index is 1.40. The molecular weight excluding hydrogens is 314 g/mol. The molecule has 1 aromatic heterocycles. The fourth-order valence-electron chi connectivity index (χ4n) is 5.90. The van der Waals surface area contributed by atoms with Gasteiger partial charge in [-0.15, -0.1) is 0 Å². The largest absolute Gasteiger partial charge is 0.345 e. The van der Waals surface area contributed by atoms with Crippen LogP contribution < -0.4 is 10.6 Å². The van der Waals surface area contributed by atoms with Gasteiger partial charge in [-0.25, -0.2) is 4.98 Å². The van der Waals surface area contributed by atoms with E-state index in [-0.39, 0.29) is 11.5 Å². The first kappa shape index (κ1) is 16.6. The maximum absolute atomic E-state index is 12.4. The Morgan fingerprint density at radius 2 is 1.72 bits per heavy atom. The molecule has 4 bridgehead atoms. The summed E-state index contributed by atoms with van der Waals surface area (Å²) in [5.74, 6) is 1.76. The van der Waals surface area contributed by atoms with Crippen LogP contribution in [0.15, 0.2) is 18.3 Å². The van der Waals surface area contributed by atoms with E-state index in [1.807, 2.05) is 13.0 Å². The number of carbonyl (C=O) groups is 2. The Morgan fingerprint density at radius 3 is 2.28 bits per heavy atom. The zero-order chi connectivity index (χ0) is 17.6. The van der Waals surface area contributed by atoms with Crippen molar-refractivity contribution in [3.63, 3.8) is 0 Å². The zero-order valence-electron chi connectivity index (χ0n) is 15.0. The summed E-state index contributed by atoms with van der Waals surface area (Å²) in [5.41, 5.74) is 1.05. The molecule has 134 valence electrons. The molecule has 1 aromatic rings. The molecule has 4 saturated carbocycles. The highest BCUT2D eigenvalue weighted by molar-refractivity contribution is 6.39. The summed E-state index contributed by atoms with van der Waals surface area (Å²) in [6, 6.07) is 3.71. The molecule has 4 aliphatic rings. The average molecular weight is 341 g/mol. The summed E-state index contributed by atoms with van der Waals surface area (Å²) >= 11 is 0. The smallest absolute Gasteiger partial charge is 0.314 e. The van der Waals surface area contributed by atoms with E-state index in [9.17, 15) is 9.59 Å². The summed E-state index contributed by atoms with van der Waals surface area (Å²) in [7, 11) is 0. The van der Waals surface area contributed by atoms with Gasteiger partial charge in [0.15, 0.2) is 0 Å². The molecule has 4 fully saturated rings. The van der Waals surface area contributed by atoms with Crippen LogP contribution in [0.2, 0.25) is 0 Å². The molecule has 1 atom stereocenters. The van der Waals surface area contributed by atoms with Gasteiger partial charge >= 0.3 is 11.8 Å². The zero-order valence-corrected chi connectivity index (χ0v) is 15.0. The van der Waals surface area contributed by atoms with Gasteiger partial charge in [0.1, 0.15) is 5.82 Å². The van der Waals surface area contributed by atoms with E-state index in [0.717, 1.165) is 23.3 Å². The molecule has 1 unspecified atom stereocenters. The van der Waals surface area contributed by atoms with E-state index in [1.54, 1.807) is 12.3 Å². The van der Waals surface area contributed by atoms with Crippen LogP contribution in [0, 0.1) is 30.1 Å². The predicted molar refractivity (Wildman–Crippen MR) is 95.8 cm³/mol. The fourth-order valence-corrected chi connectivity index (χ4v) is 5.90. The van der Waals surface area contributed by atoms with E-state index in [0.29, 0.717) is 5.82 Å². The van der Waals surface area contributed by atoms with Crippen molar-refractivity contribution in [3.05, 3.63) is 23.9 Å². The number of amides is 2. The lowest BCUT2D eigenvalue weighted by Crippen LogP contribution is -2.57. The number of hydrogen-bond donors (Lipinski definition) is 2. The minimum atomic E-state index is -0.627. The predicted octanol–water partition coefficient (Wildman–Crippen LogP) is 3.05. The normalized spacial score (nSPS) is 33.8. The third kappa shape index (κ3) is 3.05. The van der Waals surface area contributed by atoms with E-state index in [4.69, 9.17) is 0 Å². The molecule has 2 N–H and O–H groups in total. The summed E-state index contributed by atoms with van der Waals surface area (Å²) in [5, 5.41) is 5.62. The van der Waals surface area contributed by atoms with Crippen molar-refractivity contribution in [2.24, 2.45) is 23.2 Å². The molecule has 2 amide bonds. The Kier molecular flexibility index (Phi) is 4.05. The van der Waals surface area contributed by atoms with E-state index >= 15 is 0 Å². The Morgan fingerprint density at radius 1 is 1.12 bits per heavy atom. The molecule has 0 saturated heterocycles. The number of nitrogens with one attached hydrogen (secondary N) is 2. The highest BCUT2D eigenvalue weighted by atomic mass is 16.2. The van der Waals surface area contributed by atoms with Gasteiger partial charge in [0.2, 0.25) is 0 Å². The second kappa shape index (κ2) is 6.11. The maximum Gasteiger partial charge on any atom is 0.314 e. The van der Waals surface area contributed by atoms with Crippen LogP contribution in [0.1, 0.15) is 51.0 Å². The quantitative estimate of drug-likeness (QED) is 0.830. The van der Waals surface area contributed by atoms with E-state index < -0.39 is 11.8 Å². The number of nitrogens with zero attached hydrogens (tertiary/aromatic N) is 1. The third-order valence-corrected chi connectivity index (χ3v) is 6.80. The Hall–Kier alpha value is -1.91. The molecule has 25 heavy (non-hydrogen) atoms. The first-order valence-electron chi connectivity index (χ1n) is 9.48. The van der Waals surface area contributed by atoms with Crippen molar-refractivity contribution < 1.29 is 9.59 Å². The number of aryl methyl sites for hydroxylation is 1. The molecule has 5 rings (SSSR count). The van der Waals surface area contributed by atoms with E-state index in [2.05, 4.69) is 22.5 Å². The van der Waals surface area contributed by atoms with Crippen molar-refractivity contribution >= 4 is 17.6 Å². The van der Waals surface area contributed by atoms with Gasteiger partial charge in [0, 0.05) is 12.2 Å². The van der Waals surface area contributed by atoms with Crippen LogP contribution in [0.25, 0.3) is 0 Å². The fraction of sp³-hybridized carbons (Fsp3) is 0.650. The van der Waals surface area contributed by atoms with Gasteiger partial charge in [0.05, 0.1) is 0 Å². The molecule has 5 nitrogen and oxygen atoms in total. The molecule has 0 radical (unpaired) electrons. The van der Waals surface area contributed by atoms with Crippen LogP contribution in [0.5, 0.6) is 0 Å². The Labute approximate surface area is 149 Å². The maximum atomic E-state index is 12.4. The lowest BCUT2D eigenvalue weighted by Gasteiger charge is -2.59. The SMILES string of the molecule is Cc1cccnc1NC(=O)C(=O)NC(C)C12CC3CC(CC(C3)C1)C2. The number of pyridine rings is 1. The van der Waals surface area contributed by atoms with E-state index in [1.165, 1.54) is 38.5 Å². The van der Waals surface area contributed by atoms with Crippen LogP contribution >= 0.6 is 0 Å². The number of hydrogen-bond acceptors (Lipinski definition) is 3. The molecule has 4 aliphatic carbocycles. The summed E-state index contributed by atoms with van der Waals surface area (Å²) in [6.07, 6.45) is 9.36. The van der Waals surface area contributed by atoms with Gasteiger partial charge < -0.3 is 10.6 Å². The van der Waals surface area contributed by atoms with Crippen molar-refractivity contribution in [3.8, 4) is 0 Å². The van der Waals surface area contributed by atoms with Crippen LogP contribution in [-0.2, 0) is 9.59 Å². The number of rotatable bonds is 3. The monoisotopic (exact) mass is 341 g/mol. The lowest BCUT2D eigenvalue weighted by atomic mass is 9.48. The van der Waals surface area contributed by atoms with Gasteiger partial charge in [-0.2, -0.15) is 0 Å². The van der Waals surface area contributed by atoms with Crippen LogP contribution in [0.4, 0.5) is 5.82 Å². The average Bonchev–Trinajstić information content (AvgIpc) is 2.55. The number of aromatic nitrogens is 1. The number of carbonyl (C=O) groups excluding carboxylic acids is 2. The molecule has 5 heteroatoms. The van der Waals surface area contributed by atoms with Crippen molar-refractivity contribution in [1.29, 1.82) is 0 Å². The first-order chi connectivity index (χ1) is 11.9. The minimum absolute atomic E-state index is 0.0454. The van der Waals surface area contributed by atoms with Crippen LogP contribution in [-0.4, -0.2) is 22.8 Å². The summed E-state index contributed by atoms with van der Waals surface area (Å²) in [6.45, 7) is 3.95. The van der Waals surface area contributed by atoms with Crippen molar-refractivity contribution in [2.75, 3.05) is 5.32 Å². The van der Waals surface area contributed by atoms with Crippen molar-refractivity contribution in [2.45, 2.75) is 58.4 Å². The van der Waals surface area contributed by atoms with Gasteiger partial charge in [0.25, 0.3) is 0 Å². The standard InChI is InChI=1S/C20H27N3O2/c1-12-4-3-5-21-17(12)23-19(25)18(24)22-13(2)20-9-14-6-15(10-20)8-16(7-14)11-20/h3-5,13-16H,6-11H2,1-2H3,(H,22,24)(H,21,23,25). The minimum Gasteiger partial charge on any atom is -0.345 e. The van der Waals surface area contributed by atoms with Gasteiger partial charge in [-0.05, 0) is 87.2 Å². The lowest BCUT2D eigenvalue weighted by molar-refractivity contribution is -0.138. The second-order valence-electron chi connectivity index (χ2n) is 8.60. The third-order valence-electron chi connectivity index (χ3n) is 6.80. The number of anilines is 1. The molecule has 0 aliphatic heterocycles. The van der Waals surface area contributed by atoms with Crippen molar-refractivity contribution in [1.82, 2.24) is 10.3 Å². The summed E-state index contributed by atoms with van der Waals surface area (Å²) in [4.78, 5) is 28.8. The summed E-state index contributed by atoms with van der Waals surface area (Å²) < 4.78 is 0. The Bertz CT molecular complexity index is 665. The molecular formula is C20H27N3O2. The van der Waals surface area contributed by atoms with Crippen LogP contribution in [0.3, 0.4) is 0 Å². The van der Waals surface area contributed by atoms with Gasteiger partial charge in [-0.3, -0.25) is 9.59 Å². The topological polar surface area (TPSA) is 71.1 Å².